The quantitative estimate of drug-likeness (QED) is 0.396. The molecule has 0 radical (unpaired) electrons. The van der Waals surface area contributed by atoms with Crippen LogP contribution in [0.1, 0.15) is 15.9 Å². The third kappa shape index (κ3) is 3.97. The second kappa shape index (κ2) is 7.26. The molecule has 0 atom stereocenters. The molecular formula is C16H15FN2O4. The predicted octanol–water partition coefficient (Wildman–Crippen LogP) is 2.32. The molecule has 0 unspecified atom stereocenters. The molecule has 0 spiro atoms. The van der Waals surface area contributed by atoms with Crippen LogP contribution >= 0.6 is 0 Å². The van der Waals surface area contributed by atoms with Gasteiger partial charge in [0.15, 0.2) is 17.3 Å². The summed E-state index contributed by atoms with van der Waals surface area (Å²) in [6, 6.07) is 9.86. The van der Waals surface area contributed by atoms with Crippen molar-refractivity contribution in [2.75, 3.05) is 14.2 Å². The molecule has 6 nitrogen and oxygen atoms in total. The first-order chi connectivity index (χ1) is 11.0. The fraction of sp³-hybridized carbons (Fsp3) is 0.125. The monoisotopic (exact) mass is 318 g/mol. The van der Waals surface area contributed by atoms with Gasteiger partial charge in [-0.15, -0.1) is 0 Å². The van der Waals surface area contributed by atoms with Crippen LogP contribution in [0.2, 0.25) is 0 Å². The molecule has 23 heavy (non-hydrogen) atoms. The summed E-state index contributed by atoms with van der Waals surface area (Å²) in [6.07, 6.45) is 0. The molecule has 0 aliphatic heterocycles. The lowest BCUT2D eigenvalue weighted by Gasteiger charge is -2.08. The van der Waals surface area contributed by atoms with Gasteiger partial charge in [-0.2, -0.15) is 0 Å². The molecule has 0 aromatic heterocycles. The lowest BCUT2D eigenvalue weighted by molar-refractivity contribution is 0.0515. The number of nitrogens with zero attached hydrogens (tertiary/aromatic N) is 1. The first-order valence-electron chi connectivity index (χ1n) is 6.58. The van der Waals surface area contributed by atoms with Crippen molar-refractivity contribution in [2.45, 2.75) is 0 Å². The molecule has 0 saturated carbocycles. The van der Waals surface area contributed by atoms with Gasteiger partial charge in [-0.25, -0.2) is 9.18 Å². The highest BCUT2D eigenvalue weighted by atomic mass is 19.1. The first kappa shape index (κ1) is 16.3. The number of oxime groups is 1. The van der Waals surface area contributed by atoms with E-state index in [4.69, 9.17) is 20.0 Å². The van der Waals surface area contributed by atoms with E-state index in [2.05, 4.69) is 5.16 Å². The van der Waals surface area contributed by atoms with Crippen molar-refractivity contribution in [3.8, 4) is 11.5 Å². The van der Waals surface area contributed by atoms with E-state index in [9.17, 15) is 9.18 Å². The van der Waals surface area contributed by atoms with E-state index >= 15 is 0 Å². The number of nitrogens with two attached hydrogens (primary N) is 1. The largest absolute Gasteiger partial charge is 0.493 e. The summed E-state index contributed by atoms with van der Waals surface area (Å²) in [6.45, 7) is 0. The van der Waals surface area contributed by atoms with E-state index < -0.39 is 11.8 Å². The number of hydrogen-bond donors (Lipinski definition) is 1. The van der Waals surface area contributed by atoms with Crippen LogP contribution in [-0.4, -0.2) is 26.0 Å². The highest BCUT2D eigenvalue weighted by Crippen LogP contribution is 2.27. The van der Waals surface area contributed by atoms with E-state index in [0.717, 1.165) is 0 Å². The van der Waals surface area contributed by atoms with Gasteiger partial charge < -0.3 is 20.0 Å². The third-order valence-electron chi connectivity index (χ3n) is 2.99. The Morgan fingerprint density at radius 1 is 1.00 bits per heavy atom. The first-order valence-corrected chi connectivity index (χ1v) is 6.58. The Bertz CT molecular complexity index is 729. The van der Waals surface area contributed by atoms with Crippen LogP contribution in [0.5, 0.6) is 11.5 Å². The second-order valence-corrected chi connectivity index (χ2v) is 4.43. The van der Waals surface area contributed by atoms with Gasteiger partial charge in [-0.1, -0.05) is 5.16 Å². The number of amidine groups is 1. The molecule has 0 bridgehead atoms. The number of carbonyl (C=O) groups is 1. The topological polar surface area (TPSA) is 83.1 Å². The van der Waals surface area contributed by atoms with Gasteiger partial charge in [0.2, 0.25) is 0 Å². The van der Waals surface area contributed by atoms with Crippen molar-refractivity contribution in [3.05, 3.63) is 59.4 Å². The smallest absolute Gasteiger partial charge is 0.365 e. The molecule has 0 aliphatic carbocycles. The molecule has 2 aromatic carbocycles. The molecule has 0 heterocycles. The maximum atomic E-state index is 12.8. The molecule has 0 aliphatic rings. The molecule has 2 aromatic rings. The molecule has 7 heteroatoms. The average Bonchev–Trinajstić information content (AvgIpc) is 2.59. The number of halogens is 1. The maximum absolute atomic E-state index is 12.8. The van der Waals surface area contributed by atoms with Gasteiger partial charge in [0, 0.05) is 5.56 Å². The van der Waals surface area contributed by atoms with E-state index in [-0.39, 0.29) is 11.4 Å². The zero-order valence-corrected chi connectivity index (χ0v) is 12.6. The van der Waals surface area contributed by atoms with Crippen molar-refractivity contribution in [2.24, 2.45) is 10.9 Å². The van der Waals surface area contributed by atoms with Crippen molar-refractivity contribution < 1.29 is 23.5 Å². The van der Waals surface area contributed by atoms with Gasteiger partial charge >= 0.3 is 5.97 Å². The fourth-order valence-electron chi connectivity index (χ4n) is 1.78. The number of benzene rings is 2. The van der Waals surface area contributed by atoms with Crippen molar-refractivity contribution in [1.29, 1.82) is 0 Å². The average molecular weight is 318 g/mol. The highest BCUT2D eigenvalue weighted by Gasteiger charge is 2.12. The van der Waals surface area contributed by atoms with Crippen LogP contribution in [0.4, 0.5) is 4.39 Å². The molecule has 2 N–H and O–H groups in total. The minimum Gasteiger partial charge on any atom is -0.493 e. The normalized spacial score (nSPS) is 11.0. The van der Waals surface area contributed by atoms with Crippen LogP contribution in [0.15, 0.2) is 47.6 Å². The Morgan fingerprint density at radius 3 is 2.22 bits per heavy atom. The minimum absolute atomic E-state index is 0.0428. The van der Waals surface area contributed by atoms with Gasteiger partial charge in [-0.3, -0.25) is 0 Å². The highest BCUT2D eigenvalue weighted by molar-refractivity contribution is 5.98. The molecule has 120 valence electrons. The Labute approximate surface area is 132 Å². The summed E-state index contributed by atoms with van der Waals surface area (Å²) in [4.78, 5) is 16.7. The lowest BCUT2D eigenvalue weighted by atomic mass is 10.2. The summed E-state index contributed by atoms with van der Waals surface area (Å²) in [7, 11) is 2.95. The van der Waals surface area contributed by atoms with Crippen molar-refractivity contribution in [3.63, 3.8) is 0 Å². The van der Waals surface area contributed by atoms with Crippen LogP contribution < -0.4 is 15.2 Å². The SMILES string of the molecule is COc1ccc(C(=O)O/N=C(\N)c2ccc(F)cc2)cc1OC. The zero-order valence-electron chi connectivity index (χ0n) is 12.6. The Hall–Kier alpha value is -3.09. The van der Waals surface area contributed by atoms with Crippen molar-refractivity contribution >= 4 is 11.8 Å². The predicted molar refractivity (Wildman–Crippen MR) is 82.1 cm³/mol. The number of carbonyl (C=O) groups excluding carboxylic acids is 1. The van der Waals surface area contributed by atoms with Crippen LogP contribution in [0.25, 0.3) is 0 Å². The zero-order chi connectivity index (χ0) is 16.8. The van der Waals surface area contributed by atoms with Gasteiger partial charge in [0.25, 0.3) is 0 Å². The van der Waals surface area contributed by atoms with E-state index in [1.165, 1.54) is 50.6 Å². The molecular weight excluding hydrogens is 303 g/mol. The summed E-state index contributed by atoms with van der Waals surface area (Å²) < 4.78 is 23.0. The fourth-order valence-corrected chi connectivity index (χ4v) is 1.78. The van der Waals surface area contributed by atoms with Crippen LogP contribution in [0.3, 0.4) is 0 Å². The van der Waals surface area contributed by atoms with Gasteiger partial charge in [0.1, 0.15) is 5.82 Å². The molecule has 0 fully saturated rings. The number of ether oxygens (including phenoxy) is 2. The minimum atomic E-state index is -0.712. The van der Waals surface area contributed by atoms with Crippen LogP contribution in [0, 0.1) is 5.82 Å². The maximum Gasteiger partial charge on any atom is 0.365 e. The van der Waals surface area contributed by atoms with E-state index in [0.29, 0.717) is 17.1 Å². The Kier molecular flexibility index (Phi) is 5.14. The third-order valence-corrected chi connectivity index (χ3v) is 2.99. The summed E-state index contributed by atoms with van der Waals surface area (Å²) in [5.74, 6) is -0.283. The van der Waals surface area contributed by atoms with E-state index in [1.54, 1.807) is 6.07 Å². The van der Waals surface area contributed by atoms with E-state index in [1.807, 2.05) is 0 Å². The Morgan fingerprint density at radius 2 is 1.61 bits per heavy atom. The molecule has 2 rings (SSSR count). The Balaban J connectivity index is 2.12. The number of methoxy groups -OCH3 is 2. The van der Waals surface area contributed by atoms with Crippen molar-refractivity contribution in [1.82, 2.24) is 0 Å². The lowest BCUT2D eigenvalue weighted by Crippen LogP contribution is -2.15. The number of hydrogen-bond acceptors (Lipinski definition) is 5. The summed E-state index contributed by atoms with van der Waals surface area (Å²) in [5, 5.41) is 3.55. The summed E-state index contributed by atoms with van der Waals surface area (Å²) in [5.41, 5.74) is 6.34. The second-order valence-electron chi connectivity index (χ2n) is 4.43. The molecule has 0 saturated heterocycles. The summed E-state index contributed by atoms with van der Waals surface area (Å²) >= 11 is 0. The standard InChI is InChI=1S/C16H15FN2O4/c1-21-13-8-5-11(9-14(13)22-2)16(20)23-19-15(18)10-3-6-12(17)7-4-10/h3-9H,1-2H3,(H2,18,19). The van der Waals surface area contributed by atoms with Gasteiger partial charge in [-0.05, 0) is 42.5 Å². The molecule has 0 amide bonds. The number of rotatable bonds is 5. The van der Waals surface area contributed by atoms with Crippen LogP contribution in [-0.2, 0) is 4.84 Å². The van der Waals surface area contributed by atoms with Gasteiger partial charge in [0.05, 0.1) is 19.8 Å².